The van der Waals surface area contributed by atoms with Gasteiger partial charge in [0.15, 0.2) is 5.65 Å². The van der Waals surface area contributed by atoms with Gasteiger partial charge in [-0.1, -0.05) is 25.1 Å². The SMILES string of the molecule is CCc1nc2c(C)cc(C)nc2n1Cc1ccc2nn(-c3ccccc3C(=O)OC)c(Br)c2c1. The summed E-state index contributed by atoms with van der Waals surface area (Å²) in [7, 11) is 1.38. The molecule has 0 spiro atoms. The number of para-hydroxylation sites is 1. The fourth-order valence-corrected chi connectivity index (χ4v) is 4.96. The molecule has 3 aromatic heterocycles. The molecule has 5 aromatic rings. The van der Waals surface area contributed by atoms with Crippen LogP contribution in [0.4, 0.5) is 0 Å². The molecule has 0 amide bonds. The summed E-state index contributed by atoms with van der Waals surface area (Å²) in [5, 5.41) is 5.69. The monoisotopic (exact) mass is 517 g/mol. The second-order valence-corrected chi connectivity index (χ2v) is 9.03. The van der Waals surface area contributed by atoms with Gasteiger partial charge >= 0.3 is 5.97 Å². The maximum atomic E-state index is 12.3. The zero-order valence-electron chi connectivity index (χ0n) is 19.5. The van der Waals surface area contributed by atoms with E-state index in [-0.39, 0.29) is 0 Å². The Balaban J connectivity index is 1.60. The highest BCUT2D eigenvalue weighted by Crippen LogP contribution is 2.30. The second kappa shape index (κ2) is 8.68. The van der Waals surface area contributed by atoms with Crippen LogP contribution >= 0.6 is 15.9 Å². The Kier molecular flexibility index (Phi) is 5.69. The molecule has 0 saturated carbocycles. The zero-order chi connectivity index (χ0) is 24.0. The van der Waals surface area contributed by atoms with Crippen molar-refractivity contribution >= 4 is 44.0 Å². The number of ether oxygens (including phenoxy) is 1. The molecule has 0 N–H and O–H groups in total. The minimum Gasteiger partial charge on any atom is -0.465 e. The van der Waals surface area contributed by atoms with Gasteiger partial charge in [0.1, 0.15) is 15.9 Å². The molecule has 0 atom stereocenters. The number of hydrogen-bond acceptors (Lipinski definition) is 5. The Morgan fingerprint density at radius 3 is 2.65 bits per heavy atom. The molecule has 7 nitrogen and oxygen atoms in total. The highest BCUT2D eigenvalue weighted by molar-refractivity contribution is 9.10. The van der Waals surface area contributed by atoms with Crippen molar-refractivity contribution in [2.75, 3.05) is 7.11 Å². The molecule has 0 aliphatic carbocycles. The summed E-state index contributed by atoms with van der Waals surface area (Å²) in [6.45, 7) is 6.86. The van der Waals surface area contributed by atoms with Gasteiger partial charge in [-0.05, 0) is 71.2 Å². The summed E-state index contributed by atoms with van der Waals surface area (Å²) in [6.07, 6.45) is 0.822. The lowest BCUT2D eigenvalue weighted by Crippen LogP contribution is -2.08. The first-order valence-electron chi connectivity index (χ1n) is 11.1. The normalized spacial score (nSPS) is 11.4. The zero-order valence-corrected chi connectivity index (χ0v) is 21.0. The predicted molar refractivity (Wildman–Crippen MR) is 136 cm³/mol. The average molecular weight is 518 g/mol. The van der Waals surface area contributed by atoms with E-state index >= 15 is 0 Å². The first-order valence-corrected chi connectivity index (χ1v) is 11.9. The van der Waals surface area contributed by atoms with E-state index in [1.807, 2.05) is 31.2 Å². The molecule has 0 aliphatic rings. The lowest BCUT2D eigenvalue weighted by molar-refractivity contribution is 0.0600. The number of halogens is 1. The highest BCUT2D eigenvalue weighted by atomic mass is 79.9. The number of esters is 1. The summed E-state index contributed by atoms with van der Waals surface area (Å²) >= 11 is 3.71. The van der Waals surface area contributed by atoms with E-state index in [9.17, 15) is 4.79 Å². The van der Waals surface area contributed by atoms with Crippen LogP contribution in [0.1, 0.15) is 39.9 Å². The van der Waals surface area contributed by atoms with Crippen LogP contribution in [0, 0.1) is 13.8 Å². The Bertz CT molecular complexity index is 1570. The minimum atomic E-state index is -0.403. The van der Waals surface area contributed by atoms with Crippen molar-refractivity contribution in [2.45, 2.75) is 33.7 Å². The molecule has 3 heterocycles. The molecule has 172 valence electrons. The largest absolute Gasteiger partial charge is 0.465 e. The van der Waals surface area contributed by atoms with Crippen molar-refractivity contribution in [3.63, 3.8) is 0 Å². The Labute approximate surface area is 205 Å². The maximum absolute atomic E-state index is 12.3. The molecule has 34 heavy (non-hydrogen) atoms. The van der Waals surface area contributed by atoms with Crippen LogP contribution in [-0.4, -0.2) is 37.4 Å². The van der Waals surface area contributed by atoms with Gasteiger partial charge in [0.2, 0.25) is 0 Å². The van der Waals surface area contributed by atoms with Crippen molar-refractivity contribution in [1.29, 1.82) is 0 Å². The van der Waals surface area contributed by atoms with E-state index in [4.69, 9.17) is 19.8 Å². The molecular weight excluding hydrogens is 494 g/mol. The number of carbonyl (C=O) groups is 1. The van der Waals surface area contributed by atoms with Crippen LogP contribution in [0.5, 0.6) is 0 Å². The lowest BCUT2D eigenvalue weighted by atomic mass is 10.1. The minimum absolute atomic E-state index is 0.403. The second-order valence-electron chi connectivity index (χ2n) is 8.28. The number of methoxy groups -OCH3 is 1. The molecule has 0 fully saturated rings. The van der Waals surface area contributed by atoms with Gasteiger partial charge in [-0.2, -0.15) is 5.10 Å². The maximum Gasteiger partial charge on any atom is 0.340 e. The number of fused-ring (bicyclic) bond motifs is 2. The smallest absolute Gasteiger partial charge is 0.340 e. The molecule has 5 rings (SSSR count). The number of imidazole rings is 1. The number of nitrogens with zero attached hydrogens (tertiary/aromatic N) is 5. The Morgan fingerprint density at radius 1 is 1.09 bits per heavy atom. The summed E-state index contributed by atoms with van der Waals surface area (Å²) in [5.41, 5.74) is 7.04. The van der Waals surface area contributed by atoms with E-state index in [1.54, 1.807) is 10.7 Å². The first-order chi connectivity index (χ1) is 16.4. The van der Waals surface area contributed by atoms with Gasteiger partial charge in [-0.15, -0.1) is 0 Å². The molecule has 8 heteroatoms. The summed E-state index contributed by atoms with van der Waals surface area (Å²) in [6, 6.07) is 15.5. The highest BCUT2D eigenvalue weighted by Gasteiger charge is 2.19. The summed E-state index contributed by atoms with van der Waals surface area (Å²) in [5.74, 6) is 0.609. The number of rotatable bonds is 5. The van der Waals surface area contributed by atoms with Crippen LogP contribution in [0.15, 0.2) is 53.1 Å². The molecule has 0 radical (unpaired) electrons. The fourth-order valence-electron chi connectivity index (χ4n) is 4.37. The number of hydrogen-bond donors (Lipinski definition) is 0. The topological polar surface area (TPSA) is 74.8 Å². The first kappa shape index (κ1) is 22.3. The fraction of sp³-hybridized carbons (Fsp3) is 0.231. The van der Waals surface area contributed by atoms with Gasteiger partial charge in [0, 0.05) is 17.5 Å². The van der Waals surface area contributed by atoms with Crippen molar-refractivity contribution in [3.8, 4) is 5.69 Å². The van der Waals surface area contributed by atoms with Gasteiger partial charge < -0.3 is 9.30 Å². The van der Waals surface area contributed by atoms with E-state index in [1.165, 1.54) is 7.11 Å². The Morgan fingerprint density at radius 2 is 1.88 bits per heavy atom. The average Bonchev–Trinajstić information content (AvgIpc) is 3.36. The van der Waals surface area contributed by atoms with E-state index in [0.29, 0.717) is 17.8 Å². The van der Waals surface area contributed by atoms with Crippen LogP contribution in [0.3, 0.4) is 0 Å². The predicted octanol–water partition coefficient (Wildman–Crippen LogP) is 5.55. The van der Waals surface area contributed by atoms with Crippen molar-refractivity contribution in [3.05, 3.63) is 81.3 Å². The molecule has 0 aliphatic heterocycles. The van der Waals surface area contributed by atoms with Gasteiger partial charge in [-0.3, -0.25) is 0 Å². The number of carbonyl (C=O) groups excluding carboxylic acids is 1. The van der Waals surface area contributed by atoms with Gasteiger partial charge in [0.05, 0.1) is 30.4 Å². The summed E-state index contributed by atoms with van der Waals surface area (Å²) in [4.78, 5) is 21.9. The third kappa shape index (κ3) is 3.68. The van der Waals surface area contributed by atoms with Crippen LogP contribution in [-0.2, 0) is 17.7 Å². The van der Waals surface area contributed by atoms with Crippen molar-refractivity contribution in [1.82, 2.24) is 24.3 Å². The van der Waals surface area contributed by atoms with Crippen molar-refractivity contribution in [2.24, 2.45) is 0 Å². The molecule has 0 unspecified atom stereocenters. The number of benzene rings is 2. The van der Waals surface area contributed by atoms with E-state index in [0.717, 1.165) is 55.7 Å². The van der Waals surface area contributed by atoms with Crippen LogP contribution < -0.4 is 0 Å². The molecule has 0 bridgehead atoms. The van der Waals surface area contributed by atoms with Gasteiger partial charge in [-0.25, -0.2) is 19.4 Å². The van der Waals surface area contributed by atoms with Crippen molar-refractivity contribution < 1.29 is 9.53 Å². The van der Waals surface area contributed by atoms with Crippen LogP contribution in [0.25, 0.3) is 27.8 Å². The quantitative estimate of drug-likeness (QED) is 0.286. The number of pyridine rings is 1. The molecule has 2 aromatic carbocycles. The number of aromatic nitrogens is 5. The van der Waals surface area contributed by atoms with E-state index < -0.39 is 5.97 Å². The van der Waals surface area contributed by atoms with E-state index in [2.05, 4.69) is 52.5 Å². The lowest BCUT2D eigenvalue weighted by Gasteiger charge is -2.09. The summed E-state index contributed by atoms with van der Waals surface area (Å²) < 4.78 is 9.66. The third-order valence-electron chi connectivity index (χ3n) is 5.97. The number of aryl methyl sites for hydroxylation is 3. The standard InChI is InChI=1S/C26H24BrN5O2/c1-5-22-29-23-15(2)12-16(3)28-25(23)31(22)14-17-10-11-20-19(13-17)24(27)32(30-20)21-9-7-6-8-18(21)26(33)34-4/h6-13H,5,14H2,1-4H3. The van der Waals surface area contributed by atoms with Crippen LogP contribution in [0.2, 0.25) is 0 Å². The third-order valence-corrected chi connectivity index (χ3v) is 6.74. The van der Waals surface area contributed by atoms with Gasteiger partial charge in [0.25, 0.3) is 0 Å². The Hall–Kier alpha value is -3.52. The molecular formula is C26H24BrN5O2. The molecule has 0 saturated heterocycles.